The number of carboxylic acid groups (broad SMARTS) is 1. The Kier molecular flexibility index (Phi) is 8.56. The Labute approximate surface area is 175 Å². The molecule has 0 radical (unpaired) electrons. The zero-order chi connectivity index (χ0) is 18.7. The van der Waals surface area contributed by atoms with E-state index >= 15 is 0 Å². The maximum absolute atomic E-state index is 10.8. The third-order valence-corrected chi connectivity index (χ3v) is 4.10. The molecule has 7 nitrogen and oxygen atoms in total. The highest BCUT2D eigenvalue weighted by molar-refractivity contribution is 5.85. The van der Waals surface area contributed by atoms with Gasteiger partial charge in [-0.25, -0.2) is 4.98 Å². The summed E-state index contributed by atoms with van der Waals surface area (Å²) in [7, 11) is 1.62. The second-order valence-electron chi connectivity index (χ2n) is 6.06. The molecular weight excluding hydrogens is 405 g/mol. The number of ether oxygens (including phenoxy) is 2. The van der Waals surface area contributed by atoms with Crippen molar-refractivity contribution in [2.75, 3.05) is 7.11 Å². The first-order chi connectivity index (χ1) is 12.5. The van der Waals surface area contributed by atoms with Gasteiger partial charge in [-0.1, -0.05) is 12.1 Å². The molecule has 4 N–H and O–H groups in total. The lowest BCUT2D eigenvalue weighted by Crippen LogP contribution is -2.32. The van der Waals surface area contributed by atoms with Crippen LogP contribution in [0.15, 0.2) is 42.5 Å². The Balaban J connectivity index is 0.00000196. The van der Waals surface area contributed by atoms with Crippen LogP contribution in [0.1, 0.15) is 24.4 Å². The van der Waals surface area contributed by atoms with Crippen molar-refractivity contribution in [3.05, 3.63) is 53.9 Å². The van der Waals surface area contributed by atoms with Crippen LogP contribution < -0.4 is 15.2 Å². The average Bonchev–Trinajstić information content (AvgIpc) is 3.06. The fraction of sp³-hybridized carbons (Fsp3) is 0.263. The number of methoxy groups -OCH3 is 1. The standard InChI is InChI=1S/C19H21N3O4.2ClH/c1-11(18-21-16-8-7-14(25-2)10-17(16)22-18)26-13-5-3-12(4-6-13)9-15(20)19(23)24;;/h3-8,10-11,15H,9,20H2,1-2H3,(H,21,22)(H,23,24);2*1H. The van der Waals surface area contributed by atoms with Crippen molar-refractivity contribution in [1.82, 2.24) is 9.97 Å². The second kappa shape index (κ2) is 10.2. The Morgan fingerprint density at radius 3 is 2.43 bits per heavy atom. The lowest BCUT2D eigenvalue weighted by molar-refractivity contribution is -0.138. The number of aromatic nitrogens is 2. The van der Waals surface area contributed by atoms with Gasteiger partial charge in [0.1, 0.15) is 23.4 Å². The molecule has 0 saturated heterocycles. The summed E-state index contributed by atoms with van der Waals surface area (Å²) in [5.41, 5.74) is 8.12. The summed E-state index contributed by atoms with van der Waals surface area (Å²) in [6.45, 7) is 1.91. The molecule has 1 heterocycles. The van der Waals surface area contributed by atoms with Crippen LogP contribution in [0.4, 0.5) is 0 Å². The highest BCUT2D eigenvalue weighted by Gasteiger charge is 2.14. The lowest BCUT2D eigenvalue weighted by atomic mass is 10.1. The largest absolute Gasteiger partial charge is 0.497 e. The van der Waals surface area contributed by atoms with Crippen molar-refractivity contribution < 1.29 is 19.4 Å². The van der Waals surface area contributed by atoms with E-state index in [2.05, 4.69) is 9.97 Å². The Morgan fingerprint density at radius 1 is 1.18 bits per heavy atom. The van der Waals surface area contributed by atoms with Crippen molar-refractivity contribution >= 4 is 41.8 Å². The number of hydrogen-bond donors (Lipinski definition) is 3. The maximum Gasteiger partial charge on any atom is 0.320 e. The number of halogens is 2. The fourth-order valence-electron chi connectivity index (χ4n) is 2.63. The molecule has 9 heteroatoms. The lowest BCUT2D eigenvalue weighted by Gasteiger charge is -2.13. The molecule has 2 atom stereocenters. The van der Waals surface area contributed by atoms with E-state index in [9.17, 15) is 4.79 Å². The van der Waals surface area contributed by atoms with Gasteiger partial charge in [-0.3, -0.25) is 4.79 Å². The van der Waals surface area contributed by atoms with Gasteiger partial charge in [0.25, 0.3) is 0 Å². The first kappa shape index (κ1) is 23.6. The van der Waals surface area contributed by atoms with Crippen molar-refractivity contribution in [3.63, 3.8) is 0 Å². The predicted octanol–water partition coefficient (Wildman–Crippen LogP) is 3.51. The SMILES string of the molecule is COc1ccc2nc(C(C)Oc3ccc(CC(N)C(=O)O)cc3)[nH]c2c1.Cl.Cl. The number of nitrogens with zero attached hydrogens (tertiary/aromatic N) is 1. The van der Waals surface area contributed by atoms with Gasteiger partial charge < -0.3 is 25.3 Å². The molecule has 0 aliphatic rings. The van der Waals surface area contributed by atoms with E-state index in [1.165, 1.54) is 0 Å². The van der Waals surface area contributed by atoms with Gasteiger partial charge in [0.15, 0.2) is 6.10 Å². The molecule has 2 unspecified atom stereocenters. The van der Waals surface area contributed by atoms with E-state index in [-0.39, 0.29) is 37.3 Å². The zero-order valence-electron chi connectivity index (χ0n) is 15.4. The van der Waals surface area contributed by atoms with Gasteiger partial charge >= 0.3 is 5.97 Å². The van der Waals surface area contributed by atoms with Crippen LogP contribution in [0.25, 0.3) is 11.0 Å². The van der Waals surface area contributed by atoms with Crippen molar-refractivity contribution in [2.45, 2.75) is 25.5 Å². The van der Waals surface area contributed by atoms with Crippen LogP contribution in [0.3, 0.4) is 0 Å². The summed E-state index contributed by atoms with van der Waals surface area (Å²) in [6.07, 6.45) is -0.00292. The predicted molar refractivity (Wildman–Crippen MR) is 112 cm³/mol. The van der Waals surface area contributed by atoms with Crippen LogP contribution >= 0.6 is 24.8 Å². The summed E-state index contributed by atoms with van der Waals surface area (Å²) in [5, 5.41) is 8.87. The van der Waals surface area contributed by atoms with Crippen LogP contribution in [-0.4, -0.2) is 34.2 Å². The molecule has 3 aromatic rings. The van der Waals surface area contributed by atoms with Crippen molar-refractivity contribution in [1.29, 1.82) is 0 Å². The monoisotopic (exact) mass is 427 g/mol. The van der Waals surface area contributed by atoms with E-state index in [4.69, 9.17) is 20.3 Å². The summed E-state index contributed by atoms with van der Waals surface area (Å²) in [4.78, 5) is 18.6. The van der Waals surface area contributed by atoms with Crippen LogP contribution in [0, 0.1) is 0 Å². The van der Waals surface area contributed by atoms with Crippen LogP contribution in [-0.2, 0) is 11.2 Å². The quantitative estimate of drug-likeness (QED) is 0.531. The highest BCUT2D eigenvalue weighted by atomic mass is 35.5. The maximum atomic E-state index is 10.8. The third kappa shape index (κ3) is 5.51. The topological polar surface area (TPSA) is 110 Å². The smallest absolute Gasteiger partial charge is 0.320 e. The number of aromatic amines is 1. The number of hydrogen-bond acceptors (Lipinski definition) is 5. The van der Waals surface area contributed by atoms with E-state index in [0.717, 1.165) is 22.3 Å². The van der Waals surface area contributed by atoms with Crippen LogP contribution in [0.2, 0.25) is 0 Å². The summed E-state index contributed by atoms with van der Waals surface area (Å²) < 4.78 is 11.1. The number of imidazole rings is 1. The van der Waals surface area contributed by atoms with E-state index in [1.807, 2.05) is 37.3 Å². The summed E-state index contributed by atoms with van der Waals surface area (Å²) in [6, 6.07) is 12.0. The molecule has 0 fully saturated rings. The Hall–Kier alpha value is -2.48. The van der Waals surface area contributed by atoms with Gasteiger partial charge in [-0.15, -0.1) is 24.8 Å². The third-order valence-electron chi connectivity index (χ3n) is 4.10. The van der Waals surface area contributed by atoms with Gasteiger partial charge in [-0.2, -0.15) is 0 Å². The first-order valence-electron chi connectivity index (χ1n) is 8.24. The number of carbonyl (C=O) groups is 1. The number of aliphatic carboxylic acids is 1. The average molecular weight is 428 g/mol. The fourth-order valence-corrected chi connectivity index (χ4v) is 2.63. The number of carboxylic acids is 1. The minimum absolute atomic E-state index is 0. The zero-order valence-corrected chi connectivity index (χ0v) is 17.0. The summed E-state index contributed by atoms with van der Waals surface area (Å²) >= 11 is 0. The molecule has 0 saturated carbocycles. The number of fused-ring (bicyclic) bond motifs is 1. The van der Waals surface area contributed by atoms with Gasteiger partial charge in [0.05, 0.1) is 18.1 Å². The first-order valence-corrected chi connectivity index (χ1v) is 8.24. The minimum atomic E-state index is -1.01. The molecule has 3 rings (SSSR count). The molecule has 0 bridgehead atoms. The highest BCUT2D eigenvalue weighted by Crippen LogP contribution is 2.24. The number of H-pyrrole nitrogens is 1. The van der Waals surface area contributed by atoms with E-state index in [1.54, 1.807) is 19.2 Å². The van der Waals surface area contributed by atoms with Crippen molar-refractivity contribution in [3.8, 4) is 11.5 Å². The molecule has 28 heavy (non-hydrogen) atoms. The molecule has 0 aliphatic carbocycles. The molecule has 0 amide bonds. The van der Waals surface area contributed by atoms with Crippen LogP contribution in [0.5, 0.6) is 11.5 Å². The van der Waals surface area contributed by atoms with E-state index in [0.29, 0.717) is 11.6 Å². The molecule has 0 spiro atoms. The normalized spacial score (nSPS) is 12.4. The number of rotatable bonds is 7. The molecular formula is C19H23Cl2N3O4. The van der Waals surface area contributed by atoms with Gasteiger partial charge in [-0.05, 0) is 43.2 Å². The van der Waals surface area contributed by atoms with Gasteiger partial charge in [0.2, 0.25) is 0 Å². The number of benzene rings is 2. The molecule has 1 aromatic heterocycles. The number of nitrogens with one attached hydrogen (secondary N) is 1. The summed E-state index contributed by atoms with van der Waals surface area (Å²) in [5.74, 6) is 1.13. The Morgan fingerprint density at radius 2 is 1.82 bits per heavy atom. The van der Waals surface area contributed by atoms with Gasteiger partial charge in [0, 0.05) is 6.07 Å². The molecule has 2 aromatic carbocycles. The Bertz CT molecular complexity index is 915. The molecule has 152 valence electrons. The number of nitrogens with two attached hydrogens (primary N) is 1. The van der Waals surface area contributed by atoms with E-state index < -0.39 is 12.0 Å². The second-order valence-corrected chi connectivity index (χ2v) is 6.06. The minimum Gasteiger partial charge on any atom is -0.497 e. The van der Waals surface area contributed by atoms with Crippen molar-refractivity contribution in [2.24, 2.45) is 5.73 Å². The molecule has 0 aliphatic heterocycles.